The quantitative estimate of drug-likeness (QED) is 0.435. The molecule has 156 valence electrons. The maximum Gasteiger partial charge on any atom is 0.229 e. The fourth-order valence-corrected chi connectivity index (χ4v) is 3.61. The van der Waals surface area contributed by atoms with Crippen LogP contribution in [0, 0.1) is 0 Å². The molecule has 0 saturated carbocycles. The Morgan fingerprint density at radius 3 is 2.64 bits per heavy atom. The molecule has 2 heterocycles. The number of aliphatic hydroxyl groups is 4. The second-order valence-corrected chi connectivity index (χ2v) is 7.36. The van der Waals surface area contributed by atoms with Crippen molar-refractivity contribution < 1.29 is 29.9 Å². The average Bonchev–Trinajstić information content (AvgIpc) is 3.11. The normalized spacial score (nSPS) is 28.2. The van der Waals surface area contributed by atoms with Crippen LogP contribution in [0.1, 0.15) is 18.9 Å². The van der Waals surface area contributed by atoms with Crippen molar-refractivity contribution in [2.24, 2.45) is 0 Å². The Labute approximate surface area is 164 Å². The van der Waals surface area contributed by atoms with Crippen LogP contribution in [0.15, 0.2) is 24.4 Å². The summed E-state index contributed by atoms with van der Waals surface area (Å²) in [6, 6.07) is 5.54. The fourth-order valence-electron chi connectivity index (χ4n) is 3.61. The summed E-state index contributed by atoms with van der Waals surface area (Å²) in [6.45, 7) is 3.58. The van der Waals surface area contributed by atoms with Gasteiger partial charge in [0.2, 0.25) is 6.29 Å². The molecule has 1 aromatic carbocycles. The summed E-state index contributed by atoms with van der Waals surface area (Å²) in [4.78, 5) is 5.50. The first kappa shape index (κ1) is 21.0. The molecule has 3 rings (SSSR count). The highest BCUT2D eigenvalue weighted by Crippen LogP contribution is 2.32. The lowest BCUT2D eigenvalue weighted by Crippen LogP contribution is -2.60. The van der Waals surface area contributed by atoms with Crippen molar-refractivity contribution in [3.63, 3.8) is 0 Å². The van der Waals surface area contributed by atoms with Crippen LogP contribution in [0.2, 0.25) is 0 Å². The first-order valence-electron chi connectivity index (χ1n) is 9.71. The molecule has 1 fully saturated rings. The van der Waals surface area contributed by atoms with Crippen LogP contribution in [0.5, 0.6) is 5.75 Å². The number of nitrogens with zero attached hydrogens (tertiary/aromatic N) is 1. The smallest absolute Gasteiger partial charge is 0.229 e. The van der Waals surface area contributed by atoms with E-state index in [1.165, 1.54) is 0 Å². The van der Waals surface area contributed by atoms with Crippen molar-refractivity contribution in [2.45, 2.75) is 50.5 Å². The highest BCUT2D eigenvalue weighted by atomic mass is 16.7. The van der Waals surface area contributed by atoms with E-state index in [1.54, 1.807) is 6.07 Å². The van der Waals surface area contributed by atoms with Gasteiger partial charge >= 0.3 is 0 Å². The Balaban J connectivity index is 1.81. The van der Waals surface area contributed by atoms with Gasteiger partial charge in [-0.1, -0.05) is 13.0 Å². The van der Waals surface area contributed by atoms with Crippen LogP contribution >= 0.6 is 0 Å². The van der Waals surface area contributed by atoms with Gasteiger partial charge in [0.15, 0.2) is 0 Å². The number of hydrogen-bond acceptors (Lipinski definition) is 7. The van der Waals surface area contributed by atoms with Gasteiger partial charge < -0.3 is 39.8 Å². The molecule has 8 nitrogen and oxygen atoms in total. The van der Waals surface area contributed by atoms with Crippen LogP contribution in [-0.2, 0) is 11.2 Å². The number of H-pyrrole nitrogens is 1. The van der Waals surface area contributed by atoms with Crippen LogP contribution in [-0.4, -0.2) is 87.8 Å². The number of aromatic nitrogens is 1. The van der Waals surface area contributed by atoms with Crippen LogP contribution < -0.4 is 4.74 Å². The molecule has 0 aliphatic carbocycles. The zero-order chi connectivity index (χ0) is 20.3. The lowest BCUT2D eigenvalue weighted by atomic mass is 9.99. The minimum Gasteiger partial charge on any atom is -0.461 e. The van der Waals surface area contributed by atoms with Gasteiger partial charge in [-0.05, 0) is 44.1 Å². The number of likely N-dealkylation sites (N-methyl/N-ethyl adjacent to an activating group) is 1. The molecule has 0 bridgehead atoms. The average molecular weight is 394 g/mol. The summed E-state index contributed by atoms with van der Waals surface area (Å²) in [6.07, 6.45) is -2.66. The molecular weight excluding hydrogens is 364 g/mol. The van der Waals surface area contributed by atoms with E-state index in [9.17, 15) is 20.4 Å². The predicted molar refractivity (Wildman–Crippen MR) is 104 cm³/mol. The molecule has 5 N–H and O–H groups in total. The third-order valence-corrected chi connectivity index (χ3v) is 5.21. The lowest BCUT2D eigenvalue weighted by Gasteiger charge is -2.39. The number of fused-ring (bicyclic) bond motifs is 1. The van der Waals surface area contributed by atoms with Gasteiger partial charge in [-0.2, -0.15) is 0 Å². The molecule has 8 heteroatoms. The van der Waals surface area contributed by atoms with Crippen molar-refractivity contribution in [1.82, 2.24) is 9.88 Å². The van der Waals surface area contributed by atoms with E-state index in [4.69, 9.17) is 9.47 Å². The standard InChI is InChI=1S/C20H30N2O6/c1-3-8-22(2)9-7-12-10-21-13-5-4-6-14(16(12)13)27-20-19(26)18(25)17(24)15(11-23)28-20/h4-6,10,15,17-21,23-26H,3,7-9,11H2,1-2H3/t15-,17-,18+,19-,20+/m1/s1. The van der Waals surface area contributed by atoms with Gasteiger partial charge in [0, 0.05) is 23.6 Å². The van der Waals surface area contributed by atoms with Gasteiger partial charge in [0.25, 0.3) is 0 Å². The van der Waals surface area contributed by atoms with E-state index < -0.39 is 37.3 Å². The van der Waals surface area contributed by atoms with E-state index in [2.05, 4.69) is 23.9 Å². The number of ether oxygens (including phenoxy) is 2. The number of nitrogens with one attached hydrogen (secondary N) is 1. The molecule has 2 aromatic rings. The second kappa shape index (κ2) is 9.21. The van der Waals surface area contributed by atoms with E-state index in [0.717, 1.165) is 42.4 Å². The Bertz CT molecular complexity index is 764. The highest BCUT2D eigenvalue weighted by molar-refractivity contribution is 5.89. The summed E-state index contributed by atoms with van der Waals surface area (Å²) in [5.41, 5.74) is 1.98. The van der Waals surface area contributed by atoms with Gasteiger partial charge in [0.05, 0.1) is 6.61 Å². The molecule has 1 aliphatic heterocycles. The minimum absolute atomic E-state index is 0.492. The number of aliphatic hydroxyl groups excluding tert-OH is 4. The summed E-state index contributed by atoms with van der Waals surface area (Å²) in [7, 11) is 2.09. The van der Waals surface area contributed by atoms with Gasteiger partial charge in [-0.15, -0.1) is 0 Å². The highest BCUT2D eigenvalue weighted by Gasteiger charge is 2.44. The Morgan fingerprint density at radius 2 is 1.93 bits per heavy atom. The molecule has 0 radical (unpaired) electrons. The molecular formula is C20H30N2O6. The largest absolute Gasteiger partial charge is 0.461 e. The van der Waals surface area contributed by atoms with Crippen LogP contribution in [0.4, 0.5) is 0 Å². The maximum absolute atomic E-state index is 10.3. The van der Waals surface area contributed by atoms with Gasteiger partial charge in [0.1, 0.15) is 30.2 Å². The molecule has 28 heavy (non-hydrogen) atoms. The monoisotopic (exact) mass is 394 g/mol. The number of benzene rings is 1. The number of hydrogen-bond donors (Lipinski definition) is 5. The summed E-state index contributed by atoms with van der Waals surface area (Å²) < 4.78 is 11.4. The molecule has 0 unspecified atom stereocenters. The molecule has 0 amide bonds. The fraction of sp³-hybridized carbons (Fsp3) is 0.600. The Morgan fingerprint density at radius 1 is 1.14 bits per heavy atom. The van der Waals surface area contributed by atoms with E-state index in [1.807, 2.05) is 18.3 Å². The molecule has 0 spiro atoms. The van der Waals surface area contributed by atoms with Crippen molar-refractivity contribution >= 4 is 10.9 Å². The number of rotatable bonds is 8. The minimum atomic E-state index is -1.47. The SMILES string of the molecule is CCCN(C)CCc1c[nH]c2cccc(O[C@H]3O[C@H](CO)[C@@H](O)[C@H](O)[C@H]3O)c12. The Hall–Kier alpha value is -1.68. The lowest BCUT2D eigenvalue weighted by molar-refractivity contribution is -0.277. The topological polar surface area (TPSA) is 118 Å². The third-order valence-electron chi connectivity index (χ3n) is 5.21. The van der Waals surface area contributed by atoms with E-state index in [-0.39, 0.29) is 0 Å². The third kappa shape index (κ3) is 4.32. The second-order valence-electron chi connectivity index (χ2n) is 7.36. The van der Waals surface area contributed by atoms with Crippen molar-refractivity contribution in [1.29, 1.82) is 0 Å². The summed E-state index contributed by atoms with van der Waals surface area (Å²) in [5, 5.41) is 40.4. The van der Waals surface area contributed by atoms with E-state index in [0.29, 0.717) is 5.75 Å². The van der Waals surface area contributed by atoms with Crippen molar-refractivity contribution in [3.05, 3.63) is 30.0 Å². The van der Waals surface area contributed by atoms with Crippen molar-refractivity contribution in [3.8, 4) is 5.75 Å². The Kier molecular flexibility index (Phi) is 6.92. The maximum atomic E-state index is 10.3. The van der Waals surface area contributed by atoms with Crippen LogP contribution in [0.3, 0.4) is 0 Å². The van der Waals surface area contributed by atoms with Crippen LogP contribution in [0.25, 0.3) is 10.9 Å². The molecule has 1 aromatic heterocycles. The predicted octanol–water partition coefficient (Wildman–Crippen LogP) is 0.231. The zero-order valence-electron chi connectivity index (χ0n) is 16.3. The van der Waals surface area contributed by atoms with Gasteiger partial charge in [-0.3, -0.25) is 0 Å². The first-order valence-corrected chi connectivity index (χ1v) is 9.71. The zero-order valence-corrected chi connectivity index (χ0v) is 16.3. The first-order chi connectivity index (χ1) is 13.5. The summed E-state index contributed by atoms with van der Waals surface area (Å²) in [5.74, 6) is 0.510. The van der Waals surface area contributed by atoms with Crippen molar-refractivity contribution in [2.75, 3.05) is 26.7 Å². The number of aromatic amines is 1. The summed E-state index contributed by atoms with van der Waals surface area (Å²) >= 11 is 0. The van der Waals surface area contributed by atoms with Gasteiger partial charge in [-0.25, -0.2) is 0 Å². The van der Waals surface area contributed by atoms with E-state index >= 15 is 0 Å². The molecule has 5 atom stereocenters. The molecule has 1 saturated heterocycles. The molecule has 1 aliphatic rings.